The maximum Gasteiger partial charge on any atom is 0.306 e. The molecule has 3 heterocycles. The lowest BCUT2D eigenvalue weighted by Gasteiger charge is -2.31. The number of benzene rings is 1. The Hall–Kier alpha value is -3.90. The van der Waals surface area contributed by atoms with Crippen molar-refractivity contribution >= 4 is 34.8 Å². The Balaban J connectivity index is 1.40. The van der Waals surface area contributed by atoms with Crippen LogP contribution in [0.3, 0.4) is 0 Å². The molecule has 0 aliphatic carbocycles. The van der Waals surface area contributed by atoms with Crippen LogP contribution < -0.4 is 16.0 Å². The average Bonchev–Trinajstić information content (AvgIpc) is 3.32. The molecule has 1 aliphatic rings. The lowest BCUT2D eigenvalue weighted by molar-refractivity contribution is -0.155. The van der Waals surface area contributed by atoms with E-state index in [-0.39, 0.29) is 37.4 Å². The number of anilines is 1. The molecule has 0 unspecified atom stereocenters. The number of carbonyl (C=O) groups is 3. The molecule has 0 radical (unpaired) electrons. The van der Waals surface area contributed by atoms with Crippen molar-refractivity contribution in [3.05, 3.63) is 48.5 Å². The Kier molecular flexibility index (Phi) is 7.40. The molecule has 1 aromatic carbocycles. The Morgan fingerprint density at radius 3 is 2.76 bits per heavy atom. The number of nitrogens with one attached hydrogen (secondary N) is 3. The Morgan fingerprint density at radius 1 is 1.15 bits per heavy atom. The van der Waals surface area contributed by atoms with Crippen LogP contribution in [0.15, 0.2) is 43.0 Å². The number of nitrogens with zero attached hydrogens (tertiary/aromatic N) is 4. The van der Waals surface area contributed by atoms with E-state index in [1.165, 1.54) is 13.4 Å². The van der Waals surface area contributed by atoms with E-state index in [2.05, 4.69) is 30.9 Å². The second kappa shape index (κ2) is 10.8. The molecule has 3 aromatic rings. The first-order valence-electron chi connectivity index (χ1n) is 10.8. The number of carbonyl (C=O) groups excluding carboxylic acids is 3. The summed E-state index contributed by atoms with van der Waals surface area (Å²) in [7, 11) is 1.51. The van der Waals surface area contributed by atoms with Crippen LogP contribution in [0.1, 0.15) is 29.4 Å². The minimum atomic E-state index is -0.464. The smallest absolute Gasteiger partial charge is 0.306 e. The first kappa shape index (κ1) is 23.3. The van der Waals surface area contributed by atoms with Crippen LogP contribution in [-0.4, -0.2) is 70.2 Å². The van der Waals surface area contributed by atoms with Crippen molar-refractivity contribution in [3.63, 3.8) is 0 Å². The van der Waals surface area contributed by atoms with Gasteiger partial charge < -0.3 is 25.4 Å². The number of morpholine rings is 1. The van der Waals surface area contributed by atoms with Gasteiger partial charge in [0.05, 0.1) is 12.7 Å². The highest BCUT2D eigenvalue weighted by molar-refractivity contribution is 6.06. The number of imidazole rings is 1. The third kappa shape index (κ3) is 5.53. The molecular formula is C22H25N7O5. The van der Waals surface area contributed by atoms with E-state index in [1.807, 2.05) is 6.07 Å². The zero-order valence-corrected chi connectivity index (χ0v) is 18.6. The highest BCUT2D eigenvalue weighted by Crippen LogP contribution is 2.24. The van der Waals surface area contributed by atoms with Gasteiger partial charge in [0.25, 0.3) is 5.91 Å². The SMILES string of the molecule is CNC(=O)CCC(=O)OC[C@@H]1CNC[C@H](n2cnc3c(NC(=O)c4ccccc4)ncnc32)O1. The van der Waals surface area contributed by atoms with Gasteiger partial charge in [-0.2, -0.15) is 0 Å². The predicted molar refractivity (Wildman–Crippen MR) is 121 cm³/mol. The van der Waals surface area contributed by atoms with Crippen LogP contribution in [0.4, 0.5) is 5.82 Å². The number of aromatic nitrogens is 4. The van der Waals surface area contributed by atoms with Crippen molar-refractivity contribution in [2.45, 2.75) is 25.2 Å². The van der Waals surface area contributed by atoms with Gasteiger partial charge in [-0.05, 0) is 12.1 Å². The van der Waals surface area contributed by atoms with E-state index in [9.17, 15) is 14.4 Å². The first-order valence-corrected chi connectivity index (χ1v) is 10.8. The molecule has 3 N–H and O–H groups in total. The minimum absolute atomic E-state index is 0.00378. The zero-order valence-electron chi connectivity index (χ0n) is 18.6. The summed E-state index contributed by atoms with van der Waals surface area (Å²) >= 11 is 0. The summed E-state index contributed by atoms with van der Waals surface area (Å²) in [4.78, 5) is 48.5. The summed E-state index contributed by atoms with van der Waals surface area (Å²) in [5, 5.41) is 8.48. The number of hydrogen-bond donors (Lipinski definition) is 3. The number of esters is 1. The van der Waals surface area contributed by atoms with Crippen molar-refractivity contribution in [1.82, 2.24) is 30.2 Å². The van der Waals surface area contributed by atoms with Gasteiger partial charge in [0.15, 0.2) is 17.0 Å². The molecule has 2 amide bonds. The van der Waals surface area contributed by atoms with Crippen LogP contribution in [0, 0.1) is 0 Å². The van der Waals surface area contributed by atoms with Gasteiger partial charge in [0.1, 0.15) is 25.3 Å². The molecule has 34 heavy (non-hydrogen) atoms. The molecule has 12 nitrogen and oxygen atoms in total. The molecule has 4 rings (SSSR count). The van der Waals surface area contributed by atoms with E-state index in [1.54, 1.807) is 35.2 Å². The summed E-state index contributed by atoms with van der Waals surface area (Å²) in [5.74, 6) is -0.693. The normalized spacial score (nSPS) is 17.8. The summed E-state index contributed by atoms with van der Waals surface area (Å²) in [5.41, 5.74) is 1.42. The fraction of sp³-hybridized carbons (Fsp3) is 0.364. The molecule has 0 bridgehead atoms. The molecule has 0 saturated carbocycles. The van der Waals surface area contributed by atoms with Gasteiger partial charge in [0.2, 0.25) is 5.91 Å². The van der Waals surface area contributed by atoms with Crippen molar-refractivity contribution in [1.29, 1.82) is 0 Å². The van der Waals surface area contributed by atoms with Crippen LogP contribution >= 0.6 is 0 Å². The molecule has 1 aliphatic heterocycles. The lowest BCUT2D eigenvalue weighted by atomic mass is 10.2. The van der Waals surface area contributed by atoms with Gasteiger partial charge in [-0.1, -0.05) is 18.2 Å². The Morgan fingerprint density at radius 2 is 1.97 bits per heavy atom. The second-order valence-electron chi connectivity index (χ2n) is 7.59. The van der Waals surface area contributed by atoms with Crippen LogP contribution in [0.5, 0.6) is 0 Å². The fourth-order valence-corrected chi connectivity index (χ4v) is 3.47. The monoisotopic (exact) mass is 467 g/mol. The maximum absolute atomic E-state index is 12.5. The van der Waals surface area contributed by atoms with E-state index in [4.69, 9.17) is 9.47 Å². The van der Waals surface area contributed by atoms with Gasteiger partial charge >= 0.3 is 5.97 Å². The minimum Gasteiger partial charge on any atom is -0.463 e. The molecule has 1 saturated heterocycles. The van der Waals surface area contributed by atoms with Crippen molar-refractivity contribution in [2.24, 2.45) is 0 Å². The van der Waals surface area contributed by atoms with Gasteiger partial charge in [-0.15, -0.1) is 0 Å². The summed E-state index contributed by atoms with van der Waals surface area (Å²) in [6, 6.07) is 8.81. The molecule has 2 aromatic heterocycles. The number of amides is 2. The van der Waals surface area contributed by atoms with E-state index < -0.39 is 12.2 Å². The fourth-order valence-electron chi connectivity index (χ4n) is 3.47. The van der Waals surface area contributed by atoms with Crippen molar-refractivity contribution in [2.75, 3.05) is 32.1 Å². The topological polar surface area (TPSA) is 149 Å². The zero-order chi connectivity index (χ0) is 23.9. The van der Waals surface area contributed by atoms with Crippen molar-refractivity contribution < 1.29 is 23.9 Å². The maximum atomic E-state index is 12.5. The first-order chi connectivity index (χ1) is 16.5. The van der Waals surface area contributed by atoms with Gasteiger partial charge in [-0.25, -0.2) is 15.0 Å². The number of hydrogen-bond acceptors (Lipinski definition) is 9. The predicted octanol–water partition coefficient (Wildman–Crippen LogP) is 0.635. The van der Waals surface area contributed by atoms with Crippen LogP contribution in [-0.2, 0) is 19.1 Å². The van der Waals surface area contributed by atoms with E-state index >= 15 is 0 Å². The summed E-state index contributed by atoms with van der Waals surface area (Å²) < 4.78 is 13.1. The van der Waals surface area contributed by atoms with Crippen LogP contribution in [0.2, 0.25) is 0 Å². The molecule has 1 fully saturated rings. The van der Waals surface area contributed by atoms with Gasteiger partial charge in [0, 0.05) is 32.1 Å². The highest BCUT2D eigenvalue weighted by atomic mass is 16.6. The van der Waals surface area contributed by atoms with Crippen LogP contribution in [0.25, 0.3) is 11.2 Å². The standard InChI is InChI=1S/C22H25N7O5/c1-23-16(30)7-8-18(31)33-11-15-9-24-10-17(34-15)29-13-27-19-20(25-12-26-21(19)29)28-22(32)14-5-3-2-4-6-14/h2-6,12-13,15,17,24H,7-11H2,1H3,(H,23,30)(H,25,26,28,32)/t15-,17+/m0/s1. The number of fused-ring (bicyclic) bond motifs is 1. The third-order valence-electron chi connectivity index (χ3n) is 5.24. The Bertz CT molecular complexity index is 1170. The third-order valence-corrected chi connectivity index (χ3v) is 5.24. The summed E-state index contributed by atoms with van der Waals surface area (Å²) in [6.45, 7) is 1.04. The molecule has 2 atom stereocenters. The largest absolute Gasteiger partial charge is 0.463 e. The van der Waals surface area contributed by atoms with Crippen molar-refractivity contribution in [3.8, 4) is 0 Å². The number of ether oxygens (including phenoxy) is 2. The number of rotatable bonds is 8. The average molecular weight is 467 g/mol. The van der Waals surface area contributed by atoms with E-state index in [0.717, 1.165) is 0 Å². The molecule has 178 valence electrons. The summed E-state index contributed by atoms with van der Waals surface area (Å²) in [6.07, 6.45) is 2.15. The molecular weight excluding hydrogens is 442 g/mol. The molecule has 0 spiro atoms. The highest BCUT2D eigenvalue weighted by Gasteiger charge is 2.27. The van der Waals surface area contributed by atoms with E-state index in [0.29, 0.717) is 35.6 Å². The second-order valence-corrected chi connectivity index (χ2v) is 7.59. The quantitative estimate of drug-likeness (QED) is 0.406. The Labute approximate surface area is 195 Å². The lowest BCUT2D eigenvalue weighted by Crippen LogP contribution is -2.44. The van der Waals surface area contributed by atoms with Gasteiger partial charge in [-0.3, -0.25) is 19.0 Å². The molecule has 12 heteroatoms.